The van der Waals surface area contributed by atoms with E-state index in [1.165, 1.54) is 24.9 Å². The number of hydrogen-bond donors (Lipinski definition) is 3. The van der Waals surface area contributed by atoms with Crippen molar-refractivity contribution in [3.63, 3.8) is 0 Å². The first-order valence-corrected chi connectivity index (χ1v) is 8.52. The Hall–Kier alpha value is -2.79. The number of aromatic nitrogens is 2. The van der Waals surface area contributed by atoms with Crippen LogP contribution < -0.4 is 26.1 Å². The molecule has 0 spiro atoms. The number of amides is 1. The van der Waals surface area contributed by atoms with E-state index in [0.29, 0.717) is 17.1 Å². The molecule has 28 heavy (non-hydrogen) atoms. The van der Waals surface area contributed by atoms with E-state index in [2.05, 4.69) is 10.3 Å². The molecule has 2 aromatic rings. The highest BCUT2D eigenvalue weighted by atomic mass is 32.1. The molecule has 2 rings (SSSR count). The Morgan fingerprint density at radius 3 is 2.64 bits per heavy atom. The predicted molar refractivity (Wildman–Crippen MR) is 101 cm³/mol. The molecule has 0 atom stereocenters. The third-order valence-electron chi connectivity index (χ3n) is 3.86. The molecule has 1 aromatic heterocycles. The van der Waals surface area contributed by atoms with Gasteiger partial charge in [-0.3, -0.25) is 14.6 Å². The maximum Gasteiger partial charge on any atom is 0.277 e. The van der Waals surface area contributed by atoms with E-state index in [1.807, 2.05) is 0 Å². The van der Waals surface area contributed by atoms with Gasteiger partial charge in [0.05, 0.1) is 33.0 Å². The number of alkyl halides is 2. The monoisotopic (exact) mass is 414 g/mol. The quantitative estimate of drug-likeness (QED) is 0.562. The van der Waals surface area contributed by atoms with E-state index in [0.717, 1.165) is 0 Å². The van der Waals surface area contributed by atoms with Crippen LogP contribution in [0, 0.1) is 4.77 Å². The van der Waals surface area contributed by atoms with Gasteiger partial charge in [-0.1, -0.05) is 0 Å². The zero-order valence-corrected chi connectivity index (χ0v) is 16.1. The first kappa shape index (κ1) is 21.5. The molecule has 0 bridgehead atoms. The van der Waals surface area contributed by atoms with Crippen molar-refractivity contribution in [2.45, 2.75) is 12.5 Å². The second-order valence-corrected chi connectivity index (χ2v) is 6.20. The van der Waals surface area contributed by atoms with Gasteiger partial charge in [-0.25, -0.2) is 8.78 Å². The summed E-state index contributed by atoms with van der Waals surface area (Å²) >= 11 is 5.15. The van der Waals surface area contributed by atoms with Crippen LogP contribution in [0.15, 0.2) is 29.1 Å². The largest absolute Gasteiger partial charge is 0.497 e. The van der Waals surface area contributed by atoms with Crippen LogP contribution in [0.25, 0.3) is 11.3 Å². The van der Waals surface area contributed by atoms with Crippen LogP contribution in [-0.2, 0) is 11.3 Å². The van der Waals surface area contributed by atoms with Crippen molar-refractivity contribution in [2.24, 2.45) is 5.73 Å². The second kappa shape index (κ2) is 8.93. The maximum atomic E-state index is 13.3. The van der Waals surface area contributed by atoms with E-state index in [4.69, 9.17) is 27.4 Å². The smallest absolute Gasteiger partial charge is 0.277 e. The molecule has 1 amide bonds. The van der Waals surface area contributed by atoms with Gasteiger partial charge in [0.2, 0.25) is 5.91 Å². The minimum Gasteiger partial charge on any atom is -0.497 e. The van der Waals surface area contributed by atoms with Crippen LogP contribution in [0.1, 0.15) is 0 Å². The van der Waals surface area contributed by atoms with Crippen molar-refractivity contribution in [1.82, 2.24) is 14.9 Å². The molecular weight excluding hydrogens is 394 g/mol. The molecule has 0 fully saturated rings. The van der Waals surface area contributed by atoms with Crippen molar-refractivity contribution < 1.29 is 23.0 Å². The van der Waals surface area contributed by atoms with E-state index >= 15 is 0 Å². The van der Waals surface area contributed by atoms with Crippen molar-refractivity contribution in [3.05, 3.63) is 39.4 Å². The summed E-state index contributed by atoms with van der Waals surface area (Å²) in [6.07, 6.45) is 0. The van der Waals surface area contributed by atoms with E-state index in [9.17, 15) is 18.4 Å². The lowest BCUT2D eigenvalue weighted by molar-refractivity contribution is -0.123. The molecule has 0 unspecified atom stereocenters. The summed E-state index contributed by atoms with van der Waals surface area (Å²) in [5.41, 5.74) is 5.23. The number of benzene rings is 1. The predicted octanol–water partition coefficient (Wildman–Crippen LogP) is 1.30. The number of nitrogens with two attached hydrogens (primary N) is 1. The Balaban J connectivity index is 2.44. The molecular formula is C17H20F2N4O4S. The molecule has 1 heterocycles. The fourth-order valence-corrected chi connectivity index (χ4v) is 2.67. The number of carbonyl (C=O) groups is 1. The van der Waals surface area contributed by atoms with Crippen LogP contribution in [0.4, 0.5) is 8.78 Å². The number of rotatable bonds is 8. The van der Waals surface area contributed by atoms with Gasteiger partial charge in [-0.05, 0) is 24.4 Å². The average Bonchev–Trinajstić information content (AvgIpc) is 2.67. The van der Waals surface area contributed by atoms with E-state index in [1.54, 1.807) is 18.2 Å². The van der Waals surface area contributed by atoms with Crippen LogP contribution >= 0.6 is 12.2 Å². The van der Waals surface area contributed by atoms with E-state index in [-0.39, 0.29) is 17.0 Å². The summed E-state index contributed by atoms with van der Waals surface area (Å²) in [6.45, 7) is -2.18. The molecule has 4 N–H and O–H groups in total. The SMILES string of the molecule is COc1ccc(-c2cc(=O)[nH]c(=S)n2CC(=O)NCC(F)(F)CN)c(OC)c1. The van der Waals surface area contributed by atoms with Gasteiger partial charge in [0.25, 0.3) is 11.5 Å². The van der Waals surface area contributed by atoms with Gasteiger partial charge in [0, 0.05) is 17.7 Å². The number of carbonyl (C=O) groups excluding carboxylic acids is 1. The van der Waals surface area contributed by atoms with Crippen molar-refractivity contribution in [1.29, 1.82) is 0 Å². The molecule has 152 valence electrons. The molecule has 0 saturated carbocycles. The Morgan fingerprint density at radius 2 is 2.04 bits per heavy atom. The van der Waals surface area contributed by atoms with Crippen molar-refractivity contribution in [3.8, 4) is 22.8 Å². The number of H-pyrrole nitrogens is 1. The van der Waals surface area contributed by atoms with Gasteiger partial charge in [0.1, 0.15) is 18.0 Å². The number of aromatic amines is 1. The summed E-state index contributed by atoms with van der Waals surface area (Å²) in [4.78, 5) is 26.5. The summed E-state index contributed by atoms with van der Waals surface area (Å²) in [5, 5.41) is 2.11. The topological polar surface area (TPSA) is 111 Å². The third kappa shape index (κ3) is 5.14. The molecule has 0 radical (unpaired) electrons. The maximum absolute atomic E-state index is 13.3. The molecule has 0 aliphatic carbocycles. The Morgan fingerprint density at radius 1 is 1.32 bits per heavy atom. The van der Waals surface area contributed by atoms with Crippen molar-refractivity contribution >= 4 is 18.1 Å². The first-order valence-electron chi connectivity index (χ1n) is 8.12. The van der Waals surface area contributed by atoms with Gasteiger partial charge >= 0.3 is 0 Å². The van der Waals surface area contributed by atoms with Crippen LogP contribution in [0.3, 0.4) is 0 Å². The Kier molecular flexibility index (Phi) is 6.86. The van der Waals surface area contributed by atoms with Crippen LogP contribution in [0.2, 0.25) is 0 Å². The molecule has 0 aliphatic rings. The van der Waals surface area contributed by atoms with Crippen molar-refractivity contribution in [2.75, 3.05) is 27.3 Å². The average molecular weight is 414 g/mol. The van der Waals surface area contributed by atoms with Gasteiger partial charge in [-0.15, -0.1) is 0 Å². The highest BCUT2D eigenvalue weighted by molar-refractivity contribution is 7.71. The highest BCUT2D eigenvalue weighted by Crippen LogP contribution is 2.32. The lowest BCUT2D eigenvalue weighted by Gasteiger charge is -2.18. The minimum atomic E-state index is -3.22. The highest BCUT2D eigenvalue weighted by Gasteiger charge is 2.27. The molecule has 1 aromatic carbocycles. The second-order valence-electron chi connectivity index (χ2n) is 5.81. The number of halogens is 2. The lowest BCUT2D eigenvalue weighted by atomic mass is 10.1. The molecule has 11 heteroatoms. The lowest BCUT2D eigenvalue weighted by Crippen LogP contribution is -2.42. The van der Waals surface area contributed by atoms with Crippen LogP contribution in [-0.4, -0.2) is 48.7 Å². The zero-order valence-electron chi connectivity index (χ0n) is 15.3. The van der Waals surface area contributed by atoms with Gasteiger partial charge in [-0.2, -0.15) is 0 Å². The fraction of sp³-hybridized carbons (Fsp3) is 0.353. The number of hydrogen-bond acceptors (Lipinski definition) is 6. The fourth-order valence-electron chi connectivity index (χ4n) is 2.41. The molecule has 8 nitrogen and oxygen atoms in total. The third-order valence-corrected chi connectivity index (χ3v) is 4.19. The normalized spacial score (nSPS) is 11.2. The zero-order chi connectivity index (χ0) is 20.9. The summed E-state index contributed by atoms with van der Waals surface area (Å²) in [5.74, 6) is -3.03. The Bertz CT molecular complexity index is 974. The summed E-state index contributed by atoms with van der Waals surface area (Å²) in [6, 6.07) is 6.13. The van der Waals surface area contributed by atoms with Gasteiger partial charge < -0.3 is 25.1 Å². The minimum absolute atomic E-state index is 0.0406. The van der Waals surface area contributed by atoms with Gasteiger partial charge in [0.15, 0.2) is 4.77 Å². The van der Waals surface area contributed by atoms with Crippen LogP contribution in [0.5, 0.6) is 11.5 Å². The first-order chi connectivity index (χ1) is 13.2. The standard InChI is InChI=1S/C17H20F2N4O4S/c1-26-10-3-4-11(13(5-10)27-2)12-6-14(24)22-16(28)23(12)7-15(25)21-9-17(18,19)8-20/h3-6H,7-9,20H2,1-2H3,(H,21,25)(H,22,24,28). The number of ether oxygens (including phenoxy) is 2. The Labute approximate surface area is 164 Å². The summed E-state index contributed by atoms with van der Waals surface area (Å²) in [7, 11) is 2.93. The summed E-state index contributed by atoms with van der Waals surface area (Å²) < 4.78 is 38.3. The van der Waals surface area contributed by atoms with E-state index < -0.39 is 30.5 Å². The molecule has 0 aliphatic heterocycles. The number of nitrogens with one attached hydrogen (secondary N) is 2. The number of nitrogens with zero attached hydrogens (tertiary/aromatic N) is 1. The number of methoxy groups -OCH3 is 2. The molecule has 0 saturated heterocycles.